The highest BCUT2D eigenvalue weighted by atomic mass is 35.5. The highest BCUT2D eigenvalue weighted by Gasteiger charge is 2.14. The number of benzene rings is 2. The molecule has 1 atom stereocenters. The van der Waals surface area contributed by atoms with E-state index in [1.807, 2.05) is 30.3 Å². The van der Waals surface area contributed by atoms with Crippen molar-refractivity contribution >= 4 is 18.3 Å². The molecular formula is C18H23ClN2O. The highest BCUT2D eigenvalue weighted by Crippen LogP contribution is 2.14. The van der Waals surface area contributed by atoms with E-state index in [4.69, 9.17) is 5.73 Å². The van der Waals surface area contributed by atoms with Crippen molar-refractivity contribution in [3.05, 3.63) is 70.8 Å². The van der Waals surface area contributed by atoms with Crippen molar-refractivity contribution < 1.29 is 4.79 Å². The molecule has 0 aliphatic rings. The molecule has 2 aromatic rings. The van der Waals surface area contributed by atoms with Crippen LogP contribution in [0.5, 0.6) is 0 Å². The molecule has 0 bridgehead atoms. The first-order chi connectivity index (χ1) is 10.1. The Bertz CT molecular complexity index is 593. The van der Waals surface area contributed by atoms with E-state index in [1.54, 1.807) is 0 Å². The van der Waals surface area contributed by atoms with Gasteiger partial charge in [0.1, 0.15) is 6.04 Å². The molecule has 3 nitrogen and oxygen atoms in total. The van der Waals surface area contributed by atoms with Crippen LogP contribution in [0.25, 0.3) is 0 Å². The van der Waals surface area contributed by atoms with Gasteiger partial charge in [-0.2, -0.15) is 0 Å². The van der Waals surface area contributed by atoms with Gasteiger partial charge in [0.2, 0.25) is 5.91 Å². The summed E-state index contributed by atoms with van der Waals surface area (Å²) in [6.45, 7) is 4.80. The summed E-state index contributed by atoms with van der Waals surface area (Å²) in [4.78, 5) is 12.1. The van der Waals surface area contributed by atoms with Crippen LogP contribution in [0, 0.1) is 13.8 Å². The molecule has 1 amide bonds. The summed E-state index contributed by atoms with van der Waals surface area (Å²) in [7, 11) is 0. The summed E-state index contributed by atoms with van der Waals surface area (Å²) < 4.78 is 0. The van der Waals surface area contributed by atoms with Crippen LogP contribution in [-0.2, 0) is 11.2 Å². The van der Waals surface area contributed by atoms with Crippen LogP contribution in [0.1, 0.15) is 28.3 Å². The number of rotatable bonds is 5. The van der Waals surface area contributed by atoms with E-state index in [-0.39, 0.29) is 18.3 Å². The standard InChI is InChI=1S/C18H22N2O.ClH/c1-13-7-6-8-14(2)16(13)11-12-20-18(21)17(19)15-9-4-3-5-10-15;/h3-10,17H,11-12,19H2,1-2H3,(H,20,21);1H. The van der Waals surface area contributed by atoms with Crippen LogP contribution in [-0.4, -0.2) is 12.5 Å². The molecular weight excluding hydrogens is 296 g/mol. The Morgan fingerprint density at radius 3 is 2.23 bits per heavy atom. The Morgan fingerprint density at radius 1 is 1.05 bits per heavy atom. The molecule has 0 spiro atoms. The third kappa shape index (κ3) is 4.58. The number of carbonyl (C=O) groups is 1. The molecule has 0 saturated carbocycles. The van der Waals surface area contributed by atoms with Crippen LogP contribution in [0.3, 0.4) is 0 Å². The van der Waals surface area contributed by atoms with Gasteiger partial charge in [0, 0.05) is 6.54 Å². The normalized spacial score (nSPS) is 11.4. The fourth-order valence-corrected chi connectivity index (χ4v) is 2.48. The van der Waals surface area contributed by atoms with Crippen LogP contribution < -0.4 is 11.1 Å². The SMILES string of the molecule is Cc1cccc(C)c1CCNC(=O)C(N)c1ccccc1.Cl. The highest BCUT2D eigenvalue weighted by molar-refractivity contribution is 5.85. The number of hydrogen-bond acceptors (Lipinski definition) is 2. The Morgan fingerprint density at radius 2 is 1.64 bits per heavy atom. The smallest absolute Gasteiger partial charge is 0.241 e. The Kier molecular flexibility index (Phi) is 7.09. The predicted molar refractivity (Wildman–Crippen MR) is 93.2 cm³/mol. The van der Waals surface area contributed by atoms with Gasteiger partial charge in [-0.15, -0.1) is 12.4 Å². The van der Waals surface area contributed by atoms with Crippen LogP contribution in [0.15, 0.2) is 48.5 Å². The average Bonchev–Trinajstić information content (AvgIpc) is 2.50. The molecule has 2 aromatic carbocycles. The van der Waals surface area contributed by atoms with Gasteiger partial charge in [0.15, 0.2) is 0 Å². The number of aryl methyl sites for hydroxylation is 2. The molecule has 0 radical (unpaired) electrons. The molecule has 0 saturated heterocycles. The first-order valence-electron chi connectivity index (χ1n) is 7.23. The lowest BCUT2D eigenvalue weighted by atomic mass is 10.00. The second kappa shape index (κ2) is 8.57. The van der Waals surface area contributed by atoms with E-state index >= 15 is 0 Å². The third-order valence-electron chi connectivity index (χ3n) is 3.76. The van der Waals surface area contributed by atoms with E-state index in [2.05, 4.69) is 37.4 Å². The minimum Gasteiger partial charge on any atom is -0.354 e. The first kappa shape index (κ1) is 18.2. The lowest BCUT2D eigenvalue weighted by molar-refractivity contribution is -0.122. The zero-order valence-corrected chi connectivity index (χ0v) is 13.8. The maximum Gasteiger partial charge on any atom is 0.241 e. The van der Waals surface area contributed by atoms with Crippen molar-refractivity contribution in [2.45, 2.75) is 26.3 Å². The minimum atomic E-state index is -0.607. The number of carbonyl (C=O) groups excluding carboxylic acids is 1. The number of nitrogens with one attached hydrogen (secondary N) is 1. The van der Waals surface area contributed by atoms with E-state index in [0.717, 1.165) is 12.0 Å². The van der Waals surface area contributed by atoms with Crippen molar-refractivity contribution in [1.82, 2.24) is 5.32 Å². The van der Waals surface area contributed by atoms with Gasteiger partial charge in [-0.25, -0.2) is 0 Å². The second-order valence-corrected chi connectivity index (χ2v) is 5.30. The van der Waals surface area contributed by atoms with Crippen LogP contribution >= 0.6 is 12.4 Å². The largest absolute Gasteiger partial charge is 0.354 e. The van der Waals surface area contributed by atoms with E-state index in [9.17, 15) is 4.79 Å². The van der Waals surface area contributed by atoms with Gasteiger partial charge in [-0.05, 0) is 42.5 Å². The number of halogens is 1. The fourth-order valence-electron chi connectivity index (χ4n) is 2.48. The lowest BCUT2D eigenvalue weighted by Gasteiger charge is -2.14. The Hall–Kier alpha value is -1.84. The topological polar surface area (TPSA) is 55.1 Å². The van der Waals surface area contributed by atoms with Gasteiger partial charge >= 0.3 is 0 Å². The molecule has 0 aromatic heterocycles. The lowest BCUT2D eigenvalue weighted by Crippen LogP contribution is -2.35. The van der Waals surface area contributed by atoms with Gasteiger partial charge in [-0.3, -0.25) is 4.79 Å². The molecule has 2 rings (SSSR count). The van der Waals surface area contributed by atoms with Crippen LogP contribution in [0.4, 0.5) is 0 Å². The molecule has 4 heteroatoms. The molecule has 118 valence electrons. The first-order valence-corrected chi connectivity index (χ1v) is 7.23. The zero-order valence-electron chi connectivity index (χ0n) is 13.0. The quantitative estimate of drug-likeness (QED) is 0.890. The number of nitrogens with two attached hydrogens (primary N) is 1. The molecule has 0 fully saturated rings. The van der Waals surface area contributed by atoms with E-state index < -0.39 is 6.04 Å². The zero-order chi connectivity index (χ0) is 15.2. The van der Waals surface area contributed by atoms with Gasteiger partial charge < -0.3 is 11.1 Å². The summed E-state index contributed by atoms with van der Waals surface area (Å²) in [6.07, 6.45) is 0.825. The van der Waals surface area contributed by atoms with Crippen molar-refractivity contribution in [2.75, 3.05) is 6.54 Å². The summed E-state index contributed by atoms with van der Waals surface area (Å²) >= 11 is 0. The minimum absolute atomic E-state index is 0. The maximum absolute atomic E-state index is 12.1. The second-order valence-electron chi connectivity index (χ2n) is 5.30. The van der Waals surface area contributed by atoms with Crippen molar-refractivity contribution in [3.63, 3.8) is 0 Å². The molecule has 0 heterocycles. The fraction of sp³-hybridized carbons (Fsp3) is 0.278. The third-order valence-corrected chi connectivity index (χ3v) is 3.76. The number of amides is 1. The summed E-state index contributed by atoms with van der Waals surface area (Å²) in [6, 6.07) is 15.1. The summed E-state index contributed by atoms with van der Waals surface area (Å²) in [5.74, 6) is -0.132. The van der Waals surface area contributed by atoms with Crippen LogP contribution in [0.2, 0.25) is 0 Å². The van der Waals surface area contributed by atoms with Crippen molar-refractivity contribution in [2.24, 2.45) is 5.73 Å². The van der Waals surface area contributed by atoms with Crippen molar-refractivity contribution in [1.29, 1.82) is 0 Å². The van der Waals surface area contributed by atoms with Crippen molar-refractivity contribution in [3.8, 4) is 0 Å². The van der Waals surface area contributed by atoms with E-state index in [0.29, 0.717) is 6.54 Å². The van der Waals surface area contributed by atoms with E-state index in [1.165, 1.54) is 16.7 Å². The van der Waals surface area contributed by atoms with Gasteiger partial charge in [0.25, 0.3) is 0 Å². The maximum atomic E-state index is 12.1. The molecule has 3 N–H and O–H groups in total. The Balaban J connectivity index is 0.00000242. The average molecular weight is 319 g/mol. The van der Waals surface area contributed by atoms with Gasteiger partial charge in [0.05, 0.1) is 0 Å². The predicted octanol–water partition coefficient (Wildman–Crippen LogP) is 3.08. The molecule has 1 unspecified atom stereocenters. The Labute approximate surface area is 138 Å². The monoisotopic (exact) mass is 318 g/mol. The number of hydrogen-bond donors (Lipinski definition) is 2. The summed E-state index contributed by atoms with van der Waals surface area (Å²) in [5, 5.41) is 2.92. The molecule has 0 aliphatic heterocycles. The molecule has 0 aliphatic carbocycles. The summed E-state index contributed by atoms with van der Waals surface area (Å²) in [5.41, 5.74) is 10.6. The van der Waals surface area contributed by atoms with Gasteiger partial charge in [-0.1, -0.05) is 48.5 Å². The molecule has 22 heavy (non-hydrogen) atoms.